The molecule has 1 saturated heterocycles. The van der Waals surface area contributed by atoms with Crippen molar-refractivity contribution in [3.63, 3.8) is 0 Å². The minimum atomic E-state index is -1.10. The van der Waals surface area contributed by atoms with Crippen LogP contribution < -0.4 is 9.47 Å². The summed E-state index contributed by atoms with van der Waals surface area (Å²) in [6, 6.07) is 12.5. The number of aliphatic hydroxyl groups is 1. The summed E-state index contributed by atoms with van der Waals surface area (Å²) in [5.74, 6) is -2.96. The molecule has 202 valence electrons. The van der Waals surface area contributed by atoms with Crippen molar-refractivity contribution >= 4 is 46.6 Å². The van der Waals surface area contributed by atoms with E-state index in [1.165, 1.54) is 56.6 Å². The van der Waals surface area contributed by atoms with E-state index < -0.39 is 29.5 Å². The topological polar surface area (TPSA) is 123 Å². The standard InChI is InChI=1S/C28H23Cl2NO8/c1-37-25-18(12-19(29)26(38-2)21(25)30)23(33)20-22(16-5-4-6-17(32)11-16)31(27(35)24(20)34)13-14-7-9-15(10-8-14)28(36)39-3/h4-12,22,32-33H,13H2,1-3H3/b23-20+. The highest BCUT2D eigenvalue weighted by molar-refractivity contribution is 6.47. The van der Waals surface area contributed by atoms with Gasteiger partial charge in [0.25, 0.3) is 11.7 Å². The molecule has 9 nitrogen and oxygen atoms in total. The zero-order valence-electron chi connectivity index (χ0n) is 21.0. The number of methoxy groups -OCH3 is 3. The molecule has 1 amide bonds. The van der Waals surface area contributed by atoms with Gasteiger partial charge in [-0.05, 0) is 41.5 Å². The number of aliphatic hydroxyl groups excluding tert-OH is 1. The second kappa shape index (κ2) is 11.3. The number of phenolic OH excluding ortho intramolecular Hbond substituents is 1. The van der Waals surface area contributed by atoms with Gasteiger partial charge in [0, 0.05) is 6.54 Å². The Labute approximate surface area is 233 Å². The van der Waals surface area contributed by atoms with Crippen LogP contribution in [0.3, 0.4) is 0 Å². The Morgan fingerprint density at radius 2 is 1.64 bits per heavy atom. The van der Waals surface area contributed by atoms with E-state index in [-0.39, 0.29) is 45.0 Å². The van der Waals surface area contributed by atoms with E-state index in [9.17, 15) is 24.6 Å². The Hall–Kier alpha value is -4.21. The van der Waals surface area contributed by atoms with Gasteiger partial charge in [-0.1, -0.05) is 47.5 Å². The lowest BCUT2D eigenvalue weighted by Crippen LogP contribution is -2.29. The Bertz CT molecular complexity index is 1500. The molecular weight excluding hydrogens is 549 g/mol. The number of hydrogen-bond donors (Lipinski definition) is 2. The Balaban J connectivity index is 1.89. The van der Waals surface area contributed by atoms with Gasteiger partial charge in [0.15, 0.2) is 11.5 Å². The molecule has 1 unspecified atom stereocenters. The molecule has 0 aromatic heterocycles. The summed E-state index contributed by atoms with van der Waals surface area (Å²) in [6.07, 6.45) is 0. The molecule has 3 aromatic rings. The van der Waals surface area contributed by atoms with Gasteiger partial charge in [-0.15, -0.1) is 0 Å². The second-order valence-electron chi connectivity index (χ2n) is 8.50. The quantitative estimate of drug-likeness (QED) is 0.173. The van der Waals surface area contributed by atoms with Gasteiger partial charge in [0.2, 0.25) is 0 Å². The predicted molar refractivity (Wildman–Crippen MR) is 143 cm³/mol. The number of carbonyl (C=O) groups is 3. The second-order valence-corrected chi connectivity index (χ2v) is 9.28. The molecule has 4 rings (SSSR count). The van der Waals surface area contributed by atoms with Gasteiger partial charge in [0.1, 0.15) is 16.5 Å². The fourth-order valence-electron chi connectivity index (χ4n) is 4.44. The van der Waals surface area contributed by atoms with Gasteiger partial charge in [-0.3, -0.25) is 9.59 Å². The SMILES string of the molecule is COC(=O)c1ccc(CN2C(=O)C(=O)/C(=C(/O)c3cc(Cl)c(OC)c(Cl)c3OC)C2c2cccc(O)c2)cc1. The maximum atomic E-state index is 13.4. The van der Waals surface area contributed by atoms with Crippen LogP contribution in [0, 0.1) is 0 Å². The monoisotopic (exact) mass is 571 g/mol. The van der Waals surface area contributed by atoms with Crippen molar-refractivity contribution in [3.05, 3.63) is 92.5 Å². The smallest absolute Gasteiger partial charge is 0.337 e. The maximum absolute atomic E-state index is 13.4. The number of ether oxygens (including phenoxy) is 3. The van der Waals surface area contributed by atoms with Crippen molar-refractivity contribution in [2.45, 2.75) is 12.6 Å². The molecule has 1 fully saturated rings. The predicted octanol–water partition coefficient (Wildman–Crippen LogP) is 5.12. The van der Waals surface area contributed by atoms with Gasteiger partial charge in [0.05, 0.1) is 49.1 Å². The zero-order chi connectivity index (χ0) is 28.4. The van der Waals surface area contributed by atoms with Crippen LogP contribution in [-0.4, -0.2) is 54.1 Å². The number of aromatic hydroxyl groups is 1. The minimum Gasteiger partial charge on any atom is -0.508 e. The molecule has 1 heterocycles. The van der Waals surface area contributed by atoms with Crippen LogP contribution in [-0.2, 0) is 20.9 Å². The molecule has 3 aromatic carbocycles. The van der Waals surface area contributed by atoms with E-state index in [0.29, 0.717) is 16.7 Å². The third-order valence-corrected chi connectivity index (χ3v) is 6.87. The van der Waals surface area contributed by atoms with E-state index in [2.05, 4.69) is 0 Å². The molecule has 2 N–H and O–H groups in total. The number of halogens is 2. The van der Waals surface area contributed by atoms with Crippen molar-refractivity contribution in [2.75, 3.05) is 21.3 Å². The average Bonchev–Trinajstić information content (AvgIpc) is 3.17. The average molecular weight is 572 g/mol. The molecule has 0 radical (unpaired) electrons. The highest BCUT2D eigenvalue weighted by Crippen LogP contribution is 2.47. The first-order valence-corrected chi connectivity index (χ1v) is 12.2. The van der Waals surface area contributed by atoms with Crippen LogP contribution in [0.25, 0.3) is 5.76 Å². The molecule has 0 aliphatic carbocycles. The normalized spacial score (nSPS) is 16.3. The number of Topliss-reactive ketones (excluding diaryl/α,β-unsaturated/α-hetero) is 1. The summed E-state index contributed by atoms with van der Waals surface area (Å²) in [5, 5.41) is 21.6. The molecular formula is C28H23Cl2NO8. The number of amides is 1. The number of carbonyl (C=O) groups excluding carboxylic acids is 3. The summed E-state index contributed by atoms with van der Waals surface area (Å²) in [7, 11) is 3.94. The van der Waals surface area contributed by atoms with E-state index in [4.69, 9.17) is 37.4 Å². The number of esters is 1. The molecule has 1 atom stereocenters. The van der Waals surface area contributed by atoms with E-state index in [0.717, 1.165) is 0 Å². The Morgan fingerprint density at radius 3 is 2.23 bits per heavy atom. The number of hydrogen-bond acceptors (Lipinski definition) is 8. The van der Waals surface area contributed by atoms with Crippen molar-refractivity contribution < 1.29 is 38.8 Å². The fourth-order valence-corrected chi connectivity index (χ4v) is 5.12. The van der Waals surface area contributed by atoms with Crippen molar-refractivity contribution in [1.82, 2.24) is 4.90 Å². The number of ketones is 1. The van der Waals surface area contributed by atoms with Crippen molar-refractivity contribution in [3.8, 4) is 17.2 Å². The first-order valence-electron chi connectivity index (χ1n) is 11.5. The lowest BCUT2D eigenvalue weighted by Gasteiger charge is -2.26. The van der Waals surface area contributed by atoms with Crippen LogP contribution in [0.2, 0.25) is 10.0 Å². The third kappa shape index (κ3) is 5.10. The Kier molecular flexibility index (Phi) is 8.03. The Morgan fingerprint density at radius 1 is 0.974 bits per heavy atom. The summed E-state index contributed by atoms with van der Waals surface area (Å²) < 4.78 is 15.3. The number of phenols is 1. The largest absolute Gasteiger partial charge is 0.508 e. The minimum absolute atomic E-state index is 0.0188. The number of rotatable bonds is 7. The molecule has 0 spiro atoms. The summed E-state index contributed by atoms with van der Waals surface area (Å²) in [6.45, 7) is -0.0512. The molecule has 11 heteroatoms. The molecule has 39 heavy (non-hydrogen) atoms. The van der Waals surface area contributed by atoms with Crippen molar-refractivity contribution in [1.29, 1.82) is 0 Å². The lowest BCUT2D eigenvalue weighted by molar-refractivity contribution is -0.140. The molecule has 0 saturated carbocycles. The first kappa shape index (κ1) is 27.8. The van der Waals surface area contributed by atoms with E-state index in [1.54, 1.807) is 24.3 Å². The van der Waals surface area contributed by atoms with Crippen LogP contribution in [0.15, 0.2) is 60.2 Å². The van der Waals surface area contributed by atoms with Gasteiger partial charge >= 0.3 is 5.97 Å². The van der Waals surface area contributed by atoms with E-state index >= 15 is 0 Å². The van der Waals surface area contributed by atoms with Crippen LogP contribution in [0.1, 0.15) is 33.1 Å². The first-order chi connectivity index (χ1) is 18.6. The van der Waals surface area contributed by atoms with Crippen molar-refractivity contribution in [2.24, 2.45) is 0 Å². The molecule has 0 bridgehead atoms. The summed E-state index contributed by atoms with van der Waals surface area (Å²) >= 11 is 12.7. The molecule has 1 aliphatic rings. The summed E-state index contributed by atoms with van der Waals surface area (Å²) in [4.78, 5) is 39.8. The van der Waals surface area contributed by atoms with Crippen LogP contribution in [0.4, 0.5) is 0 Å². The number of benzene rings is 3. The van der Waals surface area contributed by atoms with Crippen LogP contribution in [0.5, 0.6) is 17.2 Å². The number of nitrogens with zero attached hydrogens (tertiary/aromatic N) is 1. The van der Waals surface area contributed by atoms with E-state index in [1.807, 2.05) is 0 Å². The highest BCUT2D eigenvalue weighted by atomic mass is 35.5. The van der Waals surface area contributed by atoms with Gasteiger partial charge in [-0.25, -0.2) is 4.79 Å². The number of likely N-dealkylation sites (tertiary alicyclic amines) is 1. The highest BCUT2D eigenvalue weighted by Gasteiger charge is 2.46. The molecule has 1 aliphatic heterocycles. The lowest BCUT2D eigenvalue weighted by atomic mass is 9.94. The fraction of sp³-hybridized carbons (Fsp3) is 0.179. The maximum Gasteiger partial charge on any atom is 0.337 e. The zero-order valence-corrected chi connectivity index (χ0v) is 22.5. The third-order valence-electron chi connectivity index (χ3n) is 6.25. The van der Waals surface area contributed by atoms with Gasteiger partial charge in [-0.2, -0.15) is 0 Å². The summed E-state index contributed by atoms with van der Waals surface area (Å²) in [5.41, 5.74) is 0.994. The van der Waals surface area contributed by atoms with Crippen LogP contribution >= 0.6 is 23.2 Å². The van der Waals surface area contributed by atoms with Gasteiger partial charge < -0.3 is 29.3 Å².